The molecule has 0 radical (unpaired) electrons. The predicted molar refractivity (Wildman–Crippen MR) is 71.3 cm³/mol. The number of hydrogen-bond donors (Lipinski definition) is 1. The van der Waals surface area contributed by atoms with Gasteiger partial charge in [-0.2, -0.15) is 8.78 Å². The molecule has 0 fully saturated rings. The van der Waals surface area contributed by atoms with Gasteiger partial charge in [0.2, 0.25) is 5.60 Å². The van der Waals surface area contributed by atoms with Crippen LogP contribution in [0.5, 0.6) is 5.75 Å². The van der Waals surface area contributed by atoms with E-state index in [-0.39, 0.29) is 11.3 Å². The first-order valence-corrected chi connectivity index (χ1v) is 6.26. The molecule has 0 amide bonds. The zero-order chi connectivity index (χ0) is 15.1. The maximum atomic E-state index is 14.0. The largest absolute Gasteiger partial charge is 0.435 e. The summed E-state index contributed by atoms with van der Waals surface area (Å²) < 4.78 is 45.3. The standard InChI is InChI=1S/C16H11F3O2/c17-12-7-5-11(6-8-12)9-10-15(20)13-3-1-2-4-14(13)21-16(15,18)19/h1-10,20H. The number of para-hydroxylation sites is 1. The van der Waals surface area contributed by atoms with E-state index in [4.69, 9.17) is 0 Å². The number of rotatable bonds is 2. The molecular weight excluding hydrogens is 281 g/mol. The summed E-state index contributed by atoms with van der Waals surface area (Å²) in [4.78, 5) is 0. The van der Waals surface area contributed by atoms with E-state index in [9.17, 15) is 18.3 Å². The molecule has 108 valence electrons. The molecule has 0 aromatic heterocycles. The monoisotopic (exact) mass is 292 g/mol. The third-order valence-electron chi connectivity index (χ3n) is 3.37. The minimum atomic E-state index is -3.77. The van der Waals surface area contributed by atoms with Gasteiger partial charge in [-0.05, 0) is 29.8 Å². The van der Waals surface area contributed by atoms with Crippen molar-refractivity contribution >= 4 is 6.08 Å². The Morgan fingerprint density at radius 3 is 2.38 bits per heavy atom. The smallest absolute Gasteiger partial charge is 0.429 e. The van der Waals surface area contributed by atoms with E-state index in [0.29, 0.717) is 5.56 Å². The van der Waals surface area contributed by atoms with Gasteiger partial charge in [0.1, 0.15) is 11.6 Å². The highest BCUT2D eigenvalue weighted by Crippen LogP contribution is 2.50. The van der Waals surface area contributed by atoms with E-state index >= 15 is 0 Å². The zero-order valence-electron chi connectivity index (χ0n) is 10.8. The number of halogens is 3. The van der Waals surface area contributed by atoms with Crippen molar-refractivity contribution in [3.8, 4) is 5.75 Å². The first kappa shape index (κ1) is 13.7. The molecule has 0 aliphatic carbocycles. The molecule has 0 spiro atoms. The molecule has 5 heteroatoms. The molecule has 1 heterocycles. The Morgan fingerprint density at radius 1 is 1.00 bits per heavy atom. The summed E-state index contributed by atoms with van der Waals surface area (Å²) >= 11 is 0. The molecule has 3 rings (SSSR count). The molecule has 0 saturated heterocycles. The first-order valence-electron chi connectivity index (χ1n) is 6.26. The van der Waals surface area contributed by atoms with Crippen LogP contribution in [-0.2, 0) is 5.60 Å². The molecule has 21 heavy (non-hydrogen) atoms. The van der Waals surface area contributed by atoms with Gasteiger partial charge in [0.15, 0.2) is 0 Å². The Hall–Kier alpha value is -2.27. The van der Waals surface area contributed by atoms with Crippen molar-refractivity contribution in [2.75, 3.05) is 0 Å². The Balaban J connectivity index is 2.01. The highest BCUT2D eigenvalue weighted by molar-refractivity contribution is 5.55. The Morgan fingerprint density at radius 2 is 1.67 bits per heavy atom. The fraction of sp³-hybridized carbons (Fsp3) is 0.125. The molecule has 1 atom stereocenters. The maximum absolute atomic E-state index is 14.0. The van der Waals surface area contributed by atoms with Crippen molar-refractivity contribution in [1.29, 1.82) is 0 Å². The average molecular weight is 292 g/mol. The number of fused-ring (bicyclic) bond motifs is 1. The van der Waals surface area contributed by atoms with Gasteiger partial charge in [-0.15, -0.1) is 0 Å². The molecular formula is C16H11F3O2. The Labute approximate surface area is 119 Å². The maximum Gasteiger partial charge on any atom is 0.435 e. The minimum Gasteiger partial charge on any atom is -0.429 e. The van der Waals surface area contributed by atoms with Crippen molar-refractivity contribution in [3.05, 3.63) is 71.6 Å². The van der Waals surface area contributed by atoms with Gasteiger partial charge in [-0.1, -0.05) is 36.4 Å². The average Bonchev–Trinajstić information content (AvgIpc) is 2.66. The zero-order valence-corrected chi connectivity index (χ0v) is 10.8. The van der Waals surface area contributed by atoms with Gasteiger partial charge in [0.05, 0.1) is 0 Å². The van der Waals surface area contributed by atoms with Crippen LogP contribution in [0.4, 0.5) is 13.2 Å². The lowest BCUT2D eigenvalue weighted by atomic mass is 9.93. The first-order chi connectivity index (χ1) is 9.92. The number of hydrogen-bond acceptors (Lipinski definition) is 2. The van der Waals surface area contributed by atoms with Crippen LogP contribution >= 0.6 is 0 Å². The third-order valence-corrected chi connectivity index (χ3v) is 3.37. The van der Waals surface area contributed by atoms with E-state index in [1.165, 1.54) is 42.5 Å². The lowest BCUT2D eigenvalue weighted by Crippen LogP contribution is -2.42. The lowest BCUT2D eigenvalue weighted by Gasteiger charge is -2.24. The van der Waals surface area contributed by atoms with Crippen LogP contribution in [0, 0.1) is 5.82 Å². The van der Waals surface area contributed by atoms with Crippen molar-refractivity contribution in [2.45, 2.75) is 11.7 Å². The second-order valence-electron chi connectivity index (χ2n) is 4.77. The molecule has 1 unspecified atom stereocenters. The summed E-state index contributed by atoms with van der Waals surface area (Å²) in [5, 5.41) is 10.4. The number of benzene rings is 2. The van der Waals surface area contributed by atoms with Crippen molar-refractivity contribution < 1.29 is 23.0 Å². The summed E-state index contributed by atoms with van der Waals surface area (Å²) in [6.45, 7) is 0. The molecule has 0 bridgehead atoms. The SMILES string of the molecule is OC1(C=Cc2ccc(F)cc2)c2ccccc2OC1(F)F. The fourth-order valence-corrected chi connectivity index (χ4v) is 2.22. The summed E-state index contributed by atoms with van der Waals surface area (Å²) in [5.74, 6) is -0.487. The topological polar surface area (TPSA) is 29.5 Å². The van der Waals surface area contributed by atoms with E-state index in [1.54, 1.807) is 12.1 Å². The summed E-state index contributed by atoms with van der Waals surface area (Å²) in [7, 11) is 0. The van der Waals surface area contributed by atoms with Crippen LogP contribution < -0.4 is 4.74 Å². The van der Waals surface area contributed by atoms with Crippen LogP contribution in [0.15, 0.2) is 54.6 Å². The Kier molecular flexibility index (Phi) is 3.02. The lowest BCUT2D eigenvalue weighted by molar-refractivity contribution is -0.257. The van der Waals surface area contributed by atoms with Crippen LogP contribution in [0.2, 0.25) is 0 Å². The molecule has 1 aliphatic heterocycles. The quantitative estimate of drug-likeness (QED) is 0.914. The van der Waals surface area contributed by atoms with Crippen LogP contribution in [0.25, 0.3) is 6.08 Å². The number of alkyl halides is 2. The molecule has 0 saturated carbocycles. The number of ether oxygens (including phenoxy) is 1. The second kappa shape index (κ2) is 4.63. The molecule has 2 aromatic rings. The van der Waals surface area contributed by atoms with Gasteiger partial charge < -0.3 is 9.84 Å². The summed E-state index contributed by atoms with van der Waals surface area (Å²) in [6, 6.07) is 11.1. The van der Waals surface area contributed by atoms with E-state index in [2.05, 4.69) is 4.74 Å². The second-order valence-corrected chi connectivity index (χ2v) is 4.77. The number of aliphatic hydroxyl groups is 1. The van der Waals surface area contributed by atoms with Crippen LogP contribution in [0.3, 0.4) is 0 Å². The van der Waals surface area contributed by atoms with Gasteiger partial charge in [0.25, 0.3) is 0 Å². The molecule has 2 nitrogen and oxygen atoms in total. The summed E-state index contributed by atoms with van der Waals surface area (Å²) in [5.41, 5.74) is -2.07. The van der Waals surface area contributed by atoms with Gasteiger partial charge in [0, 0.05) is 5.56 Å². The fourth-order valence-electron chi connectivity index (χ4n) is 2.22. The third kappa shape index (κ3) is 2.19. The van der Waals surface area contributed by atoms with E-state index in [1.807, 2.05) is 0 Å². The minimum absolute atomic E-state index is 0.00615. The van der Waals surface area contributed by atoms with Crippen molar-refractivity contribution in [1.82, 2.24) is 0 Å². The Bertz CT molecular complexity index is 695. The van der Waals surface area contributed by atoms with E-state index in [0.717, 1.165) is 6.08 Å². The normalized spacial score (nSPS) is 23.0. The highest BCUT2D eigenvalue weighted by Gasteiger charge is 2.61. The van der Waals surface area contributed by atoms with Gasteiger partial charge in [-0.3, -0.25) is 0 Å². The van der Waals surface area contributed by atoms with Crippen molar-refractivity contribution in [3.63, 3.8) is 0 Å². The molecule has 1 aliphatic rings. The highest BCUT2D eigenvalue weighted by atomic mass is 19.3. The van der Waals surface area contributed by atoms with Gasteiger partial charge >= 0.3 is 6.11 Å². The predicted octanol–water partition coefficient (Wildman–Crippen LogP) is 3.71. The molecule has 1 N–H and O–H groups in total. The molecule has 2 aromatic carbocycles. The van der Waals surface area contributed by atoms with Crippen LogP contribution in [0.1, 0.15) is 11.1 Å². The van der Waals surface area contributed by atoms with Gasteiger partial charge in [-0.25, -0.2) is 4.39 Å². The van der Waals surface area contributed by atoms with E-state index < -0.39 is 17.5 Å². The van der Waals surface area contributed by atoms with Crippen molar-refractivity contribution in [2.24, 2.45) is 0 Å². The summed E-state index contributed by atoms with van der Waals surface area (Å²) in [6.07, 6.45) is -1.50. The van der Waals surface area contributed by atoms with Crippen LogP contribution in [-0.4, -0.2) is 11.2 Å².